The molecule has 0 spiro atoms. The van der Waals surface area contributed by atoms with Gasteiger partial charge in [-0.25, -0.2) is 0 Å². The molecule has 0 saturated carbocycles. The summed E-state index contributed by atoms with van der Waals surface area (Å²) in [6.45, 7) is 7.55. The van der Waals surface area contributed by atoms with Gasteiger partial charge in [0.25, 0.3) is 0 Å². The molecule has 0 aromatic heterocycles. The summed E-state index contributed by atoms with van der Waals surface area (Å²) < 4.78 is 0. The van der Waals surface area contributed by atoms with E-state index in [1.165, 1.54) is 0 Å². The smallest absolute Gasteiger partial charge is 0.121 e. The molecule has 0 atom stereocenters. The predicted molar refractivity (Wildman–Crippen MR) is 104 cm³/mol. The number of hydrogen-bond donors (Lipinski definition) is 3. The van der Waals surface area contributed by atoms with Gasteiger partial charge in [0.05, 0.1) is 0 Å². The Kier molecular flexibility index (Phi) is 4.64. The third kappa shape index (κ3) is 3.25. The zero-order chi connectivity index (χ0) is 19.0. The van der Waals surface area contributed by atoms with Gasteiger partial charge in [-0.1, -0.05) is 36.4 Å². The monoisotopic (exact) mass is 348 g/mol. The second-order valence-corrected chi connectivity index (χ2v) is 7.03. The third-order valence-electron chi connectivity index (χ3n) is 4.90. The highest BCUT2D eigenvalue weighted by molar-refractivity contribution is 5.53. The van der Waals surface area contributed by atoms with Crippen molar-refractivity contribution in [1.29, 1.82) is 0 Å². The minimum absolute atomic E-state index is 0.113. The Morgan fingerprint density at radius 3 is 1.38 bits per heavy atom. The Labute approximate surface area is 154 Å². The molecule has 0 heterocycles. The van der Waals surface area contributed by atoms with Crippen molar-refractivity contribution in [1.82, 2.24) is 0 Å². The number of rotatable bonds is 3. The first-order valence-electron chi connectivity index (χ1n) is 8.67. The van der Waals surface area contributed by atoms with Crippen LogP contribution in [0, 0.1) is 27.7 Å². The summed E-state index contributed by atoms with van der Waals surface area (Å²) in [7, 11) is 0. The zero-order valence-electron chi connectivity index (χ0n) is 15.5. The SMILES string of the molecule is Cc1cc(C(c2cccc(O)c2)c2cc(C)c(O)c(C)c2)cc(C)c1O. The van der Waals surface area contributed by atoms with E-state index >= 15 is 0 Å². The maximum absolute atomic E-state index is 10.1. The van der Waals surface area contributed by atoms with Gasteiger partial charge in [0.15, 0.2) is 0 Å². The fourth-order valence-electron chi connectivity index (χ4n) is 3.59. The first-order valence-corrected chi connectivity index (χ1v) is 8.67. The van der Waals surface area contributed by atoms with Crippen LogP contribution in [-0.2, 0) is 0 Å². The van der Waals surface area contributed by atoms with Crippen LogP contribution in [-0.4, -0.2) is 15.3 Å². The van der Waals surface area contributed by atoms with Crippen molar-refractivity contribution in [2.75, 3.05) is 0 Å². The second-order valence-electron chi connectivity index (χ2n) is 7.03. The van der Waals surface area contributed by atoms with Crippen LogP contribution in [0.25, 0.3) is 0 Å². The average molecular weight is 348 g/mol. The lowest BCUT2D eigenvalue weighted by Gasteiger charge is -2.22. The van der Waals surface area contributed by atoms with Gasteiger partial charge in [0.2, 0.25) is 0 Å². The number of benzene rings is 3. The fourth-order valence-corrected chi connectivity index (χ4v) is 3.59. The molecule has 0 radical (unpaired) electrons. The van der Waals surface area contributed by atoms with Gasteiger partial charge < -0.3 is 15.3 Å². The quantitative estimate of drug-likeness (QED) is 0.569. The van der Waals surface area contributed by atoms with Gasteiger partial charge in [-0.15, -0.1) is 0 Å². The van der Waals surface area contributed by atoms with Crippen molar-refractivity contribution < 1.29 is 15.3 Å². The van der Waals surface area contributed by atoms with Crippen LogP contribution in [0.5, 0.6) is 17.2 Å². The van der Waals surface area contributed by atoms with Crippen LogP contribution in [0.1, 0.15) is 44.9 Å². The molecular formula is C23H24O3. The van der Waals surface area contributed by atoms with E-state index < -0.39 is 0 Å². The van der Waals surface area contributed by atoms with E-state index in [4.69, 9.17) is 0 Å². The zero-order valence-corrected chi connectivity index (χ0v) is 15.5. The number of hydrogen-bond acceptors (Lipinski definition) is 3. The molecule has 3 aromatic rings. The lowest BCUT2D eigenvalue weighted by atomic mass is 9.82. The van der Waals surface area contributed by atoms with E-state index in [1.807, 2.05) is 64.1 Å². The Hall–Kier alpha value is -2.94. The van der Waals surface area contributed by atoms with Gasteiger partial charge in [0.1, 0.15) is 17.2 Å². The van der Waals surface area contributed by atoms with Crippen molar-refractivity contribution in [2.24, 2.45) is 0 Å². The lowest BCUT2D eigenvalue weighted by Crippen LogP contribution is -2.05. The molecule has 0 aliphatic rings. The third-order valence-corrected chi connectivity index (χ3v) is 4.90. The van der Waals surface area contributed by atoms with Gasteiger partial charge >= 0.3 is 0 Å². The highest BCUT2D eigenvalue weighted by Crippen LogP contribution is 2.38. The number of aromatic hydroxyl groups is 3. The molecule has 3 aromatic carbocycles. The molecule has 0 amide bonds. The van der Waals surface area contributed by atoms with E-state index in [0.29, 0.717) is 11.5 Å². The topological polar surface area (TPSA) is 60.7 Å². The van der Waals surface area contributed by atoms with Crippen molar-refractivity contribution in [2.45, 2.75) is 33.6 Å². The minimum atomic E-state index is -0.113. The van der Waals surface area contributed by atoms with Crippen molar-refractivity contribution in [3.8, 4) is 17.2 Å². The molecule has 0 saturated heterocycles. The standard InChI is InChI=1S/C23H24O3/c1-13-8-18(9-14(2)22(13)25)21(17-6-5-7-20(24)12-17)19-10-15(3)23(26)16(4)11-19/h5-12,21,24-26H,1-4H3. The maximum atomic E-state index is 10.1. The Balaban J connectivity index is 2.27. The molecule has 3 nitrogen and oxygen atoms in total. The van der Waals surface area contributed by atoms with Crippen LogP contribution >= 0.6 is 0 Å². The summed E-state index contributed by atoms with van der Waals surface area (Å²) >= 11 is 0. The maximum Gasteiger partial charge on any atom is 0.121 e. The van der Waals surface area contributed by atoms with Crippen LogP contribution < -0.4 is 0 Å². The highest BCUT2D eigenvalue weighted by Gasteiger charge is 2.20. The predicted octanol–water partition coefficient (Wildman–Crippen LogP) is 5.22. The number of phenols is 3. The molecule has 3 heteroatoms. The Bertz CT molecular complexity index is 869. The Morgan fingerprint density at radius 2 is 1.00 bits per heavy atom. The molecular weight excluding hydrogens is 324 g/mol. The fraction of sp³-hybridized carbons (Fsp3) is 0.217. The van der Waals surface area contributed by atoms with Gasteiger partial charge in [-0.05, 0) is 78.8 Å². The summed E-state index contributed by atoms with van der Waals surface area (Å²) in [6, 6.07) is 15.2. The van der Waals surface area contributed by atoms with Gasteiger partial charge in [-0.2, -0.15) is 0 Å². The minimum Gasteiger partial charge on any atom is -0.508 e. The summed E-state index contributed by atoms with van der Waals surface area (Å²) in [5.74, 6) is 0.716. The molecule has 26 heavy (non-hydrogen) atoms. The summed E-state index contributed by atoms with van der Waals surface area (Å²) in [5.41, 5.74) is 6.30. The Morgan fingerprint density at radius 1 is 0.577 bits per heavy atom. The second kappa shape index (κ2) is 6.75. The van der Waals surface area contributed by atoms with E-state index in [-0.39, 0.29) is 11.7 Å². The lowest BCUT2D eigenvalue weighted by molar-refractivity contribution is 0.466. The van der Waals surface area contributed by atoms with Gasteiger partial charge in [0, 0.05) is 5.92 Å². The largest absolute Gasteiger partial charge is 0.508 e. The summed E-state index contributed by atoms with van der Waals surface area (Å²) in [6.07, 6.45) is 0. The van der Waals surface area contributed by atoms with E-state index in [0.717, 1.165) is 38.9 Å². The summed E-state index contributed by atoms with van der Waals surface area (Å²) in [5, 5.41) is 30.3. The normalized spacial score (nSPS) is 11.1. The summed E-state index contributed by atoms with van der Waals surface area (Å²) in [4.78, 5) is 0. The van der Waals surface area contributed by atoms with E-state index in [9.17, 15) is 15.3 Å². The molecule has 0 unspecified atom stereocenters. The van der Waals surface area contributed by atoms with Crippen molar-refractivity contribution in [3.63, 3.8) is 0 Å². The van der Waals surface area contributed by atoms with E-state index in [1.54, 1.807) is 12.1 Å². The first-order chi connectivity index (χ1) is 12.3. The molecule has 0 aliphatic carbocycles. The molecule has 0 bridgehead atoms. The molecule has 0 aliphatic heterocycles. The highest BCUT2D eigenvalue weighted by atomic mass is 16.3. The molecule has 0 fully saturated rings. The van der Waals surface area contributed by atoms with E-state index in [2.05, 4.69) is 0 Å². The van der Waals surface area contributed by atoms with Crippen molar-refractivity contribution >= 4 is 0 Å². The molecule has 134 valence electrons. The van der Waals surface area contributed by atoms with Crippen LogP contribution in [0.4, 0.5) is 0 Å². The van der Waals surface area contributed by atoms with Crippen LogP contribution in [0.2, 0.25) is 0 Å². The van der Waals surface area contributed by atoms with Crippen LogP contribution in [0.3, 0.4) is 0 Å². The van der Waals surface area contributed by atoms with Crippen LogP contribution in [0.15, 0.2) is 48.5 Å². The van der Waals surface area contributed by atoms with Gasteiger partial charge in [-0.3, -0.25) is 0 Å². The van der Waals surface area contributed by atoms with Crippen molar-refractivity contribution in [3.05, 3.63) is 87.5 Å². The number of phenolic OH excluding ortho intramolecular Hbond substituents is 3. The molecule has 3 N–H and O–H groups in total. The number of aryl methyl sites for hydroxylation is 4. The first kappa shape index (κ1) is 17.9. The molecule has 3 rings (SSSR count). The average Bonchev–Trinajstić information content (AvgIpc) is 2.57.